The summed E-state index contributed by atoms with van der Waals surface area (Å²) in [5.74, 6) is 0.490. The molecule has 0 bridgehead atoms. The summed E-state index contributed by atoms with van der Waals surface area (Å²) in [5.41, 5.74) is 8.06. The van der Waals surface area contributed by atoms with Crippen LogP contribution in [0, 0.1) is 12.7 Å². The first-order valence-corrected chi connectivity index (χ1v) is 7.74. The second-order valence-electron chi connectivity index (χ2n) is 4.38. The molecule has 0 aliphatic heterocycles. The van der Waals surface area contributed by atoms with E-state index in [0.29, 0.717) is 0 Å². The van der Waals surface area contributed by atoms with Gasteiger partial charge in [0.1, 0.15) is 5.82 Å². The van der Waals surface area contributed by atoms with Crippen LogP contribution in [0.2, 0.25) is 0 Å². The summed E-state index contributed by atoms with van der Waals surface area (Å²) in [6.45, 7) is 1.96. The van der Waals surface area contributed by atoms with Crippen molar-refractivity contribution < 1.29 is 4.39 Å². The predicted octanol–water partition coefficient (Wildman–Crippen LogP) is 4.69. The summed E-state index contributed by atoms with van der Waals surface area (Å²) in [6.07, 6.45) is 0. The molecule has 100 valence electrons. The van der Waals surface area contributed by atoms with Crippen LogP contribution in [-0.4, -0.2) is 5.75 Å². The van der Waals surface area contributed by atoms with Gasteiger partial charge in [-0.05, 0) is 48.4 Å². The maximum absolute atomic E-state index is 13.3. The van der Waals surface area contributed by atoms with Crippen molar-refractivity contribution in [2.75, 3.05) is 5.75 Å². The fourth-order valence-corrected chi connectivity index (χ4v) is 3.33. The molecule has 1 nitrogen and oxygen atoms in total. The van der Waals surface area contributed by atoms with Gasteiger partial charge in [0, 0.05) is 21.2 Å². The zero-order chi connectivity index (χ0) is 13.8. The number of hydrogen-bond acceptors (Lipinski definition) is 2. The minimum Gasteiger partial charge on any atom is -0.323 e. The second kappa shape index (κ2) is 6.55. The molecule has 0 radical (unpaired) electrons. The molecular formula is C15H15BrFNS. The van der Waals surface area contributed by atoms with Gasteiger partial charge in [-0.15, -0.1) is 11.8 Å². The third kappa shape index (κ3) is 4.06. The van der Waals surface area contributed by atoms with Crippen LogP contribution < -0.4 is 5.73 Å². The number of rotatable bonds is 4. The Labute approximate surface area is 125 Å². The highest BCUT2D eigenvalue weighted by Crippen LogP contribution is 2.27. The molecule has 1 atom stereocenters. The normalized spacial score (nSPS) is 12.4. The summed E-state index contributed by atoms with van der Waals surface area (Å²) >= 11 is 5.12. The lowest BCUT2D eigenvalue weighted by Gasteiger charge is -2.14. The van der Waals surface area contributed by atoms with Gasteiger partial charge in [-0.25, -0.2) is 4.39 Å². The molecule has 2 aromatic carbocycles. The first-order valence-electron chi connectivity index (χ1n) is 5.96. The van der Waals surface area contributed by atoms with Crippen LogP contribution in [0.25, 0.3) is 0 Å². The molecule has 0 spiro atoms. The van der Waals surface area contributed by atoms with Gasteiger partial charge in [-0.1, -0.05) is 28.1 Å². The van der Waals surface area contributed by atoms with Crippen molar-refractivity contribution in [3.63, 3.8) is 0 Å². The third-order valence-electron chi connectivity index (χ3n) is 2.87. The van der Waals surface area contributed by atoms with Crippen LogP contribution in [0.3, 0.4) is 0 Å². The molecule has 2 N–H and O–H groups in total. The molecule has 4 heteroatoms. The Morgan fingerprint density at radius 1 is 1.26 bits per heavy atom. The van der Waals surface area contributed by atoms with E-state index in [-0.39, 0.29) is 11.9 Å². The van der Waals surface area contributed by atoms with E-state index >= 15 is 0 Å². The van der Waals surface area contributed by atoms with Crippen molar-refractivity contribution in [3.8, 4) is 0 Å². The van der Waals surface area contributed by atoms with Crippen molar-refractivity contribution in [2.24, 2.45) is 5.73 Å². The Morgan fingerprint density at radius 2 is 2.05 bits per heavy atom. The number of thioether (sulfide) groups is 1. The first kappa shape index (κ1) is 14.6. The van der Waals surface area contributed by atoms with Gasteiger partial charge in [0.15, 0.2) is 0 Å². The van der Waals surface area contributed by atoms with Gasteiger partial charge >= 0.3 is 0 Å². The second-order valence-corrected chi connectivity index (χ2v) is 6.38. The highest BCUT2D eigenvalue weighted by molar-refractivity contribution is 9.10. The summed E-state index contributed by atoms with van der Waals surface area (Å²) < 4.78 is 14.3. The number of benzene rings is 2. The molecule has 19 heavy (non-hydrogen) atoms. The lowest BCUT2D eigenvalue weighted by atomic mass is 10.0. The smallest absolute Gasteiger partial charge is 0.123 e. The molecule has 2 rings (SSSR count). The molecule has 0 amide bonds. The fraction of sp³-hybridized carbons (Fsp3) is 0.200. The Kier molecular flexibility index (Phi) is 5.02. The van der Waals surface area contributed by atoms with Crippen molar-refractivity contribution in [2.45, 2.75) is 17.9 Å². The van der Waals surface area contributed by atoms with E-state index in [0.717, 1.165) is 26.2 Å². The van der Waals surface area contributed by atoms with E-state index in [1.165, 1.54) is 12.1 Å². The van der Waals surface area contributed by atoms with Crippen molar-refractivity contribution in [1.29, 1.82) is 0 Å². The van der Waals surface area contributed by atoms with Crippen LogP contribution in [0.4, 0.5) is 4.39 Å². The van der Waals surface area contributed by atoms with Crippen LogP contribution in [0.5, 0.6) is 0 Å². The first-order chi connectivity index (χ1) is 9.06. The van der Waals surface area contributed by atoms with Crippen LogP contribution in [0.1, 0.15) is 17.2 Å². The molecular weight excluding hydrogens is 325 g/mol. The average Bonchev–Trinajstić information content (AvgIpc) is 2.39. The molecule has 0 fully saturated rings. The third-order valence-corrected chi connectivity index (χ3v) is 4.47. The van der Waals surface area contributed by atoms with Gasteiger partial charge in [0.05, 0.1) is 0 Å². The molecule has 0 aromatic heterocycles. The van der Waals surface area contributed by atoms with E-state index in [2.05, 4.69) is 22.0 Å². The van der Waals surface area contributed by atoms with E-state index in [4.69, 9.17) is 5.73 Å². The zero-order valence-electron chi connectivity index (χ0n) is 10.6. The van der Waals surface area contributed by atoms with Crippen LogP contribution in [-0.2, 0) is 0 Å². The maximum atomic E-state index is 13.3. The van der Waals surface area contributed by atoms with Gasteiger partial charge in [-0.3, -0.25) is 0 Å². The Bertz CT molecular complexity index is 574. The van der Waals surface area contributed by atoms with Gasteiger partial charge < -0.3 is 5.73 Å². The summed E-state index contributed by atoms with van der Waals surface area (Å²) in [7, 11) is 0. The topological polar surface area (TPSA) is 26.0 Å². The van der Waals surface area contributed by atoms with E-state index < -0.39 is 0 Å². The maximum Gasteiger partial charge on any atom is 0.123 e. The minimum atomic E-state index is -0.233. The fourth-order valence-electron chi connectivity index (χ4n) is 1.84. The van der Waals surface area contributed by atoms with E-state index in [1.54, 1.807) is 17.8 Å². The number of aryl methyl sites for hydroxylation is 1. The Balaban J connectivity index is 2.05. The molecule has 0 saturated carbocycles. The van der Waals surface area contributed by atoms with Crippen molar-refractivity contribution in [1.82, 2.24) is 0 Å². The number of nitrogens with two attached hydrogens (primary N) is 1. The van der Waals surface area contributed by atoms with Gasteiger partial charge in [0.25, 0.3) is 0 Å². The number of halogens is 2. The number of hydrogen-bond donors (Lipinski definition) is 1. The highest BCUT2D eigenvalue weighted by atomic mass is 79.9. The molecule has 0 aliphatic rings. The lowest BCUT2D eigenvalue weighted by molar-refractivity contribution is 0.621. The largest absolute Gasteiger partial charge is 0.323 e. The van der Waals surface area contributed by atoms with Crippen LogP contribution in [0.15, 0.2) is 51.8 Å². The van der Waals surface area contributed by atoms with Crippen LogP contribution >= 0.6 is 27.7 Å². The monoisotopic (exact) mass is 339 g/mol. The minimum absolute atomic E-state index is 0.167. The quantitative estimate of drug-likeness (QED) is 0.817. The average molecular weight is 340 g/mol. The van der Waals surface area contributed by atoms with E-state index in [9.17, 15) is 4.39 Å². The van der Waals surface area contributed by atoms with Gasteiger partial charge in [-0.2, -0.15) is 0 Å². The van der Waals surface area contributed by atoms with Crippen molar-refractivity contribution >= 4 is 27.7 Å². The summed E-state index contributed by atoms with van der Waals surface area (Å²) in [4.78, 5) is 1.15. The SMILES string of the molecule is Cc1ccc(F)cc1C(N)CSc1cccc(Br)c1. The van der Waals surface area contributed by atoms with Gasteiger partial charge in [0.2, 0.25) is 0 Å². The van der Waals surface area contributed by atoms with E-state index in [1.807, 2.05) is 25.1 Å². The lowest BCUT2D eigenvalue weighted by Crippen LogP contribution is -2.14. The Hall–Kier alpha value is -0.840. The molecule has 0 saturated heterocycles. The summed E-state index contributed by atoms with van der Waals surface area (Å²) in [5, 5.41) is 0. The Morgan fingerprint density at radius 3 is 2.79 bits per heavy atom. The van der Waals surface area contributed by atoms with Crippen molar-refractivity contribution in [3.05, 3.63) is 63.9 Å². The highest BCUT2D eigenvalue weighted by Gasteiger charge is 2.10. The standard InChI is InChI=1S/C15H15BrFNS/c1-10-5-6-12(17)8-14(10)15(18)9-19-13-4-2-3-11(16)7-13/h2-8,15H,9,18H2,1H3. The summed E-state index contributed by atoms with van der Waals surface area (Å²) in [6, 6.07) is 12.7. The molecule has 0 heterocycles. The predicted molar refractivity (Wildman–Crippen MR) is 82.9 cm³/mol. The molecule has 2 aromatic rings. The zero-order valence-corrected chi connectivity index (χ0v) is 13.0. The molecule has 1 unspecified atom stereocenters. The molecule has 0 aliphatic carbocycles.